The Labute approximate surface area is 116 Å². The van der Waals surface area contributed by atoms with Crippen molar-refractivity contribution in [2.45, 2.75) is 13.8 Å². The Kier molecular flexibility index (Phi) is 5.98. The molecule has 0 aromatic heterocycles. The summed E-state index contributed by atoms with van der Waals surface area (Å²) in [6.45, 7) is 7.18. The van der Waals surface area contributed by atoms with Gasteiger partial charge in [0.25, 0.3) is 5.69 Å². The summed E-state index contributed by atoms with van der Waals surface area (Å²) in [5.41, 5.74) is -0.0648. The van der Waals surface area contributed by atoms with Crippen molar-refractivity contribution in [3.63, 3.8) is 0 Å². The fourth-order valence-electron chi connectivity index (χ4n) is 1.72. The lowest BCUT2D eigenvalue weighted by atomic mass is 10.2. The van der Waals surface area contributed by atoms with Crippen LogP contribution in [-0.4, -0.2) is 36.0 Å². The van der Waals surface area contributed by atoms with Gasteiger partial charge < -0.3 is 10.2 Å². The Morgan fingerprint density at radius 1 is 1.42 bits per heavy atom. The molecule has 0 unspecified atom stereocenters. The average molecular weight is 290 g/mol. The molecule has 1 aromatic carbocycles. The zero-order valence-electron chi connectivity index (χ0n) is 10.9. The maximum Gasteiger partial charge on any atom is 0.295 e. The Morgan fingerprint density at radius 3 is 2.58 bits per heavy atom. The largest absolute Gasteiger partial charge is 0.378 e. The summed E-state index contributed by atoms with van der Waals surface area (Å²) in [4.78, 5) is 12.4. The van der Waals surface area contributed by atoms with Crippen LogP contribution in [0.25, 0.3) is 0 Å². The molecule has 19 heavy (non-hydrogen) atoms. The molecule has 1 rings (SSSR count). The van der Waals surface area contributed by atoms with E-state index in [1.165, 1.54) is 6.07 Å². The van der Waals surface area contributed by atoms with E-state index in [0.29, 0.717) is 6.54 Å². The normalized spacial score (nSPS) is 10.8. The van der Waals surface area contributed by atoms with Gasteiger partial charge >= 0.3 is 0 Å². The monoisotopic (exact) mass is 289 g/mol. The lowest BCUT2D eigenvalue weighted by Gasteiger charge is -2.18. The van der Waals surface area contributed by atoms with Crippen LogP contribution in [-0.2, 0) is 0 Å². The first-order valence-corrected chi connectivity index (χ1v) is 6.47. The molecule has 5 nitrogen and oxygen atoms in total. The first-order chi connectivity index (χ1) is 8.99. The second-order valence-corrected chi connectivity index (χ2v) is 4.40. The van der Waals surface area contributed by atoms with Crippen molar-refractivity contribution < 1.29 is 9.31 Å². The number of hydrogen-bond donors (Lipinski definition) is 1. The van der Waals surface area contributed by atoms with Crippen LogP contribution in [0.15, 0.2) is 12.1 Å². The van der Waals surface area contributed by atoms with Crippen molar-refractivity contribution in [1.29, 1.82) is 0 Å². The Balaban J connectivity index is 2.77. The number of benzene rings is 1. The van der Waals surface area contributed by atoms with Crippen LogP contribution < -0.4 is 5.32 Å². The molecular weight excluding hydrogens is 273 g/mol. The van der Waals surface area contributed by atoms with Crippen LogP contribution in [0.4, 0.5) is 15.8 Å². The van der Waals surface area contributed by atoms with E-state index in [-0.39, 0.29) is 16.4 Å². The van der Waals surface area contributed by atoms with Gasteiger partial charge in [0.1, 0.15) is 11.5 Å². The first-order valence-electron chi connectivity index (χ1n) is 6.09. The summed E-state index contributed by atoms with van der Waals surface area (Å²) in [6.07, 6.45) is 0. The number of rotatable bonds is 7. The molecule has 0 amide bonds. The second kappa shape index (κ2) is 7.25. The molecule has 0 fully saturated rings. The predicted octanol–water partition coefficient (Wildman–Crippen LogP) is 3.14. The van der Waals surface area contributed by atoms with E-state index in [1.807, 2.05) is 13.8 Å². The number of hydrogen-bond acceptors (Lipinski definition) is 4. The maximum absolute atomic E-state index is 13.2. The minimum absolute atomic E-state index is 0.129. The summed E-state index contributed by atoms with van der Waals surface area (Å²) in [5.74, 6) is -0.789. The summed E-state index contributed by atoms with van der Waals surface area (Å²) in [6, 6.07) is 2.08. The van der Waals surface area contributed by atoms with Crippen LogP contribution in [0.3, 0.4) is 0 Å². The number of likely N-dealkylation sites (N-methyl/N-ethyl adjacent to an activating group) is 1. The molecule has 0 bridgehead atoms. The molecule has 0 atom stereocenters. The zero-order chi connectivity index (χ0) is 14.4. The number of nitro groups is 1. The van der Waals surface area contributed by atoms with Crippen LogP contribution in [0.1, 0.15) is 13.8 Å². The molecule has 0 heterocycles. The fraction of sp³-hybridized carbons (Fsp3) is 0.500. The van der Waals surface area contributed by atoms with Crippen LogP contribution in [0.2, 0.25) is 5.02 Å². The molecule has 0 saturated heterocycles. The van der Waals surface area contributed by atoms with Gasteiger partial charge in [-0.2, -0.15) is 0 Å². The van der Waals surface area contributed by atoms with E-state index in [1.54, 1.807) is 0 Å². The third kappa shape index (κ3) is 4.33. The zero-order valence-corrected chi connectivity index (χ0v) is 11.7. The van der Waals surface area contributed by atoms with E-state index in [0.717, 1.165) is 25.7 Å². The molecule has 0 radical (unpaired) electrons. The SMILES string of the molecule is CCN(CC)CCNc1cc(Cl)c(F)cc1[N+](=O)[O-]. The minimum atomic E-state index is -0.789. The number of nitrogens with one attached hydrogen (secondary N) is 1. The molecule has 1 N–H and O–H groups in total. The highest BCUT2D eigenvalue weighted by Gasteiger charge is 2.17. The van der Waals surface area contributed by atoms with Crippen LogP contribution >= 0.6 is 11.6 Å². The van der Waals surface area contributed by atoms with E-state index in [4.69, 9.17) is 11.6 Å². The standard InChI is InChI=1S/C12H17ClFN3O2/c1-3-16(4-2)6-5-15-11-7-9(13)10(14)8-12(11)17(18)19/h7-8,15H,3-6H2,1-2H3. The highest BCUT2D eigenvalue weighted by atomic mass is 35.5. The first kappa shape index (κ1) is 15.7. The summed E-state index contributed by atoms with van der Waals surface area (Å²) < 4.78 is 13.2. The third-order valence-corrected chi connectivity index (χ3v) is 3.16. The van der Waals surface area contributed by atoms with Gasteiger partial charge in [0.15, 0.2) is 0 Å². The van der Waals surface area contributed by atoms with Crippen LogP contribution in [0.5, 0.6) is 0 Å². The minimum Gasteiger partial charge on any atom is -0.378 e. The van der Waals surface area contributed by atoms with Crippen molar-refractivity contribution in [2.75, 3.05) is 31.5 Å². The molecule has 0 aliphatic rings. The molecule has 0 spiro atoms. The highest BCUT2D eigenvalue weighted by molar-refractivity contribution is 6.31. The Hall–Kier alpha value is -1.40. The van der Waals surface area contributed by atoms with Crippen molar-refractivity contribution in [1.82, 2.24) is 4.90 Å². The van der Waals surface area contributed by atoms with E-state index >= 15 is 0 Å². The number of halogens is 2. The topological polar surface area (TPSA) is 58.4 Å². The Bertz CT molecular complexity index is 453. The van der Waals surface area contributed by atoms with Gasteiger partial charge in [-0.3, -0.25) is 10.1 Å². The summed E-state index contributed by atoms with van der Waals surface area (Å²) in [7, 11) is 0. The predicted molar refractivity (Wildman–Crippen MR) is 74.3 cm³/mol. The Morgan fingerprint density at radius 2 is 2.05 bits per heavy atom. The lowest BCUT2D eigenvalue weighted by molar-refractivity contribution is -0.384. The van der Waals surface area contributed by atoms with Crippen LogP contribution in [0, 0.1) is 15.9 Å². The number of anilines is 1. The second-order valence-electron chi connectivity index (χ2n) is 3.99. The van der Waals surface area contributed by atoms with Crippen molar-refractivity contribution >= 4 is 23.0 Å². The van der Waals surface area contributed by atoms with E-state index in [2.05, 4.69) is 10.2 Å². The molecule has 7 heteroatoms. The van der Waals surface area contributed by atoms with Gasteiger partial charge in [0.05, 0.1) is 16.0 Å². The number of nitrogens with zero attached hydrogens (tertiary/aromatic N) is 2. The van der Waals surface area contributed by atoms with Crippen molar-refractivity contribution in [3.8, 4) is 0 Å². The maximum atomic E-state index is 13.2. The van der Waals surface area contributed by atoms with E-state index in [9.17, 15) is 14.5 Å². The van der Waals surface area contributed by atoms with Gasteiger partial charge in [-0.05, 0) is 19.2 Å². The molecule has 0 aliphatic heterocycles. The van der Waals surface area contributed by atoms with Crippen molar-refractivity contribution in [2.24, 2.45) is 0 Å². The fourth-order valence-corrected chi connectivity index (χ4v) is 1.88. The molecule has 106 valence electrons. The van der Waals surface area contributed by atoms with Gasteiger partial charge in [0, 0.05) is 13.1 Å². The van der Waals surface area contributed by atoms with Gasteiger partial charge in [-0.1, -0.05) is 25.4 Å². The number of nitro benzene ring substituents is 1. The summed E-state index contributed by atoms with van der Waals surface area (Å²) >= 11 is 5.64. The van der Waals surface area contributed by atoms with E-state index < -0.39 is 10.7 Å². The van der Waals surface area contributed by atoms with Gasteiger partial charge in [0.2, 0.25) is 0 Å². The molecule has 1 aromatic rings. The smallest absolute Gasteiger partial charge is 0.295 e. The summed E-state index contributed by atoms with van der Waals surface area (Å²) in [5, 5.41) is 13.6. The molecule has 0 aliphatic carbocycles. The third-order valence-electron chi connectivity index (χ3n) is 2.87. The van der Waals surface area contributed by atoms with Gasteiger partial charge in [-0.25, -0.2) is 4.39 Å². The quantitative estimate of drug-likeness (QED) is 0.619. The van der Waals surface area contributed by atoms with Crippen molar-refractivity contribution in [3.05, 3.63) is 33.1 Å². The molecule has 0 saturated carbocycles. The van der Waals surface area contributed by atoms with Gasteiger partial charge in [-0.15, -0.1) is 0 Å². The molecular formula is C12H17ClFN3O2. The lowest BCUT2D eigenvalue weighted by Crippen LogP contribution is -2.28. The highest BCUT2D eigenvalue weighted by Crippen LogP contribution is 2.30. The average Bonchev–Trinajstić information content (AvgIpc) is 2.38.